The van der Waals surface area contributed by atoms with Gasteiger partial charge in [-0.25, -0.2) is 0 Å². The van der Waals surface area contributed by atoms with Gasteiger partial charge in [0.15, 0.2) is 11.5 Å². The minimum atomic E-state index is -0.690. The molecule has 0 bridgehead atoms. The molecule has 0 amide bonds. The molecule has 6 heteroatoms. The predicted molar refractivity (Wildman–Crippen MR) is 108 cm³/mol. The Balaban J connectivity index is 2.13. The summed E-state index contributed by atoms with van der Waals surface area (Å²) in [4.78, 5) is 0. The predicted octanol–water partition coefficient (Wildman–Crippen LogP) is 4.01. The zero-order valence-electron chi connectivity index (χ0n) is 16.5. The monoisotopic (exact) mass is 393 g/mol. The summed E-state index contributed by atoms with van der Waals surface area (Å²) in [6.45, 7) is 4.53. The second kappa shape index (κ2) is 9.31. The molecule has 0 aliphatic heterocycles. The lowest BCUT2D eigenvalue weighted by molar-refractivity contribution is 0.160. The van der Waals surface area contributed by atoms with Crippen molar-refractivity contribution in [1.82, 2.24) is 5.32 Å². The van der Waals surface area contributed by atoms with Crippen LogP contribution in [0.5, 0.6) is 17.2 Å². The molecule has 2 N–H and O–H groups in total. The van der Waals surface area contributed by atoms with E-state index >= 15 is 0 Å². The number of methoxy groups -OCH3 is 3. The summed E-state index contributed by atoms with van der Waals surface area (Å²) in [5.74, 6) is 1.85. The lowest BCUT2D eigenvalue weighted by Gasteiger charge is -2.29. The van der Waals surface area contributed by atoms with E-state index in [0.717, 1.165) is 5.56 Å². The van der Waals surface area contributed by atoms with Crippen LogP contribution in [0.15, 0.2) is 36.4 Å². The van der Waals surface area contributed by atoms with E-state index < -0.39 is 6.10 Å². The molecule has 2 rings (SSSR count). The number of ether oxygens (including phenoxy) is 3. The zero-order valence-corrected chi connectivity index (χ0v) is 17.3. The van der Waals surface area contributed by atoms with Gasteiger partial charge in [-0.1, -0.05) is 35.9 Å². The van der Waals surface area contributed by atoms with Gasteiger partial charge in [0.2, 0.25) is 5.75 Å². The average molecular weight is 394 g/mol. The van der Waals surface area contributed by atoms with E-state index in [4.69, 9.17) is 25.8 Å². The second-order valence-electron chi connectivity index (χ2n) is 6.97. The summed E-state index contributed by atoms with van der Waals surface area (Å²) in [5, 5.41) is 14.4. The van der Waals surface area contributed by atoms with Gasteiger partial charge in [-0.05, 0) is 32.4 Å². The van der Waals surface area contributed by atoms with Crippen LogP contribution in [0, 0.1) is 0 Å². The fraction of sp³-hybridized carbons (Fsp3) is 0.429. The third-order valence-corrected chi connectivity index (χ3v) is 4.80. The summed E-state index contributed by atoms with van der Waals surface area (Å²) < 4.78 is 16.4. The normalized spacial score (nSPS) is 12.6. The topological polar surface area (TPSA) is 60.0 Å². The average Bonchev–Trinajstić information content (AvgIpc) is 2.65. The molecule has 148 valence electrons. The van der Waals surface area contributed by atoms with Gasteiger partial charge < -0.3 is 24.6 Å². The molecule has 2 aromatic rings. The van der Waals surface area contributed by atoms with E-state index in [1.54, 1.807) is 27.4 Å². The number of benzene rings is 2. The second-order valence-corrected chi connectivity index (χ2v) is 7.38. The van der Waals surface area contributed by atoms with Gasteiger partial charge in [-0.3, -0.25) is 0 Å². The number of hydrogen-bond acceptors (Lipinski definition) is 5. The molecule has 0 saturated carbocycles. The van der Waals surface area contributed by atoms with Crippen molar-refractivity contribution in [3.8, 4) is 17.2 Å². The first-order chi connectivity index (χ1) is 12.8. The molecule has 27 heavy (non-hydrogen) atoms. The highest BCUT2D eigenvalue weighted by atomic mass is 35.5. The molecule has 1 unspecified atom stereocenters. The maximum atomic E-state index is 10.5. The van der Waals surface area contributed by atoms with Gasteiger partial charge in [0.05, 0.1) is 27.4 Å². The molecule has 2 aromatic carbocycles. The molecule has 1 atom stereocenters. The summed E-state index contributed by atoms with van der Waals surface area (Å²) in [6.07, 6.45) is -0.0172. The Hall–Kier alpha value is -1.95. The Morgan fingerprint density at radius 2 is 1.67 bits per heavy atom. The number of nitrogens with one attached hydrogen (secondary N) is 1. The Morgan fingerprint density at radius 3 is 2.26 bits per heavy atom. The summed E-state index contributed by atoms with van der Waals surface area (Å²) in [6, 6.07) is 11.2. The van der Waals surface area contributed by atoms with Crippen LogP contribution < -0.4 is 19.5 Å². The van der Waals surface area contributed by atoms with E-state index in [1.807, 2.05) is 30.3 Å². The molecule has 0 aliphatic carbocycles. The Morgan fingerprint density at radius 1 is 1.00 bits per heavy atom. The van der Waals surface area contributed by atoms with Crippen molar-refractivity contribution >= 4 is 11.6 Å². The van der Waals surface area contributed by atoms with Crippen LogP contribution >= 0.6 is 11.6 Å². The molecule has 0 radical (unpaired) electrons. The van der Waals surface area contributed by atoms with E-state index in [2.05, 4.69) is 19.2 Å². The van der Waals surface area contributed by atoms with Crippen molar-refractivity contribution in [2.45, 2.75) is 31.9 Å². The van der Waals surface area contributed by atoms with Crippen LogP contribution in [0.2, 0.25) is 5.02 Å². The summed E-state index contributed by atoms with van der Waals surface area (Å²) >= 11 is 6.17. The highest BCUT2D eigenvalue weighted by molar-refractivity contribution is 6.31. The number of β-amino-alcohol motifs (C(OH)–C–C–N with tert-alkyl or cyclic N) is 1. The Bertz CT molecular complexity index is 764. The van der Waals surface area contributed by atoms with Crippen LogP contribution in [-0.4, -0.2) is 38.5 Å². The smallest absolute Gasteiger partial charge is 0.203 e. The lowest BCUT2D eigenvalue weighted by atomic mass is 9.93. The van der Waals surface area contributed by atoms with Gasteiger partial charge in [0.25, 0.3) is 0 Å². The molecule has 0 spiro atoms. The SMILES string of the molecule is COc1ccc(CC(C)(C)NCC(O)c2ccccc2Cl)c(OC)c1OC. The van der Waals surface area contributed by atoms with E-state index in [-0.39, 0.29) is 5.54 Å². The lowest BCUT2D eigenvalue weighted by Crippen LogP contribution is -2.43. The van der Waals surface area contributed by atoms with Crippen molar-refractivity contribution in [3.05, 3.63) is 52.5 Å². The first-order valence-corrected chi connectivity index (χ1v) is 9.16. The first kappa shape index (κ1) is 21.4. The van der Waals surface area contributed by atoms with Gasteiger partial charge >= 0.3 is 0 Å². The minimum absolute atomic E-state index is 0.297. The third-order valence-electron chi connectivity index (χ3n) is 4.46. The largest absolute Gasteiger partial charge is 0.493 e. The summed E-state index contributed by atoms with van der Waals surface area (Å²) in [5.41, 5.74) is 1.40. The van der Waals surface area contributed by atoms with Crippen LogP contribution in [0.3, 0.4) is 0 Å². The molecule has 0 saturated heterocycles. The highest BCUT2D eigenvalue weighted by Gasteiger charge is 2.24. The number of rotatable bonds is 9. The number of hydrogen-bond donors (Lipinski definition) is 2. The molecule has 0 heterocycles. The fourth-order valence-electron chi connectivity index (χ4n) is 3.07. The van der Waals surface area contributed by atoms with Crippen LogP contribution in [0.25, 0.3) is 0 Å². The number of halogens is 1. The number of aliphatic hydroxyl groups excluding tert-OH is 1. The molecule has 0 aliphatic rings. The van der Waals surface area contributed by atoms with E-state index in [9.17, 15) is 5.11 Å². The molecular weight excluding hydrogens is 366 g/mol. The molecule has 0 fully saturated rings. The van der Waals surface area contributed by atoms with Gasteiger partial charge in [0.1, 0.15) is 0 Å². The third kappa shape index (κ3) is 5.28. The molecule has 0 aromatic heterocycles. The van der Waals surface area contributed by atoms with Crippen LogP contribution in [-0.2, 0) is 6.42 Å². The maximum Gasteiger partial charge on any atom is 0.203 e. The van der Waals surface area contributed by atoms with Gasteiger partial charge in [0, 0.05) is 28.2 Å². The van der Waals surface area contributed by atoms with Crippen molar-refractivity contribution in [2.75, 3.05) is 27.9 Å². The van der Waals surface area contributed by atoms with Crippen molar-refractivity contribution in [1.29, 1.82) is 0 Å². The van der Waals surface area contributed by atoms with Crippen molar-refractivity contribution in [2.24, 2.45) is 0 Å². The minimum Gasteiger partial charge on any atom is -0.493 e. The van der Waals surface area contributed by atoms with E-state index in [1.165, 1.54) is 0 Å². The first-order valence-electron chi connectivity index (χ1n) is 8.78. The standard InChI is InChI=1S/C21H28ClNO4/c1-21(2,23-13-17(24)15-8-6-7-9-16(15)22)12-14-10-11-18(25-3)20(27-5)19(14)26-4/h6-11,17,23-24H,12-13H2,1-5H3. The fourth-order valence-corrected chi connectivity index (χ4v) is 3.33. The van der Waals surface area contributed by atoms with Gasteiger partial charge in [-0.15, -0.1) is 0 Å². The summed E-state index contributed by atoms with van der Waals surface area (Å²) in [7, 11) is 4.80. The number of aliphatic hydroxyl groups is 1. The Labute approximate surface area is 166 Å². The van der Waals surface area contributed by atoms with Crippen molar-refractivity contribution < 1.29 is 19.3 Å². The maximum absolute atomic E-state index is 10.5. The quantitative estimate of drug-likeness (QED) is 0.674. The Kier molecular flexibility index (Phi) is 7.36. The van der Waals surface area contributed by atoms with Crippen LogP contribution in [0.1, 0.15) is 31.1 Å². The van der Waals surface area contributed by atoms with E-state index in [0.29, 0.717) is 40.8 Å². The molecule has 5 nitrogen and oxygen atoms in total. The zero-order chi connectivity index (χ0) is 20.0. The highest BCUT2D eigenvalue weighted by Crippen LogP contribution is 2.40. The van der Waals surface area contributed by atoms with Crippen molar-refractivity contribution in [3.63, 3.8) is 0 Å². The van der Waals surface area contributed by atoms with Crippen LogP contribution in [0.4, 0.5) is 0 Å². The van der Waals surface area contributed by atoms with Gasteiger partial charge in [-0.2, -0.15) is 0 Å². The molecular formula is C21H28ClNO4.